The molecule has 1 atom stereocenters. The lowest BCUT2D eigenvalue weighted by Gasteiger charge is -1.97. The van der Waals surface area contributed by atoms with Gasteiger partial charge in [-0.2, -0.15) is 0 Å². The Morgan fingerprint density at radius 3 is 2.21 bits per heavy atom. The molecule has 0 fully saturated rings. The van der Waals surface area contributed by atoms with E-state index < -0.39 is 7.37 Å². The maximum Gasteiger partial charge on any atom is 0.219 e. The summed E-state index contributed by atoms with van der Waals surface area (Å²) in [5, 5.41) is 0. The Morgan fingerprint density at radius 1 is 1.29 bits per heavy atom. The largest absolute Gasteiger partial charge is 0.342 e. The molecule has 0 saturated carbocycles. The number of rotatable bonds is 3. The molecule has 0 spiro atoms. The first-order valence-electron chi connectivity index (χ1n) is 4.23. The molecule has 74 valence electrons. The molecule has 0 bridgehead atoms. The van der Waals surface area contributed by atoms with Crippen LogP contribution in [0.15, 0.2) is 36.7 Å². The SMILES string of the molecule is C=Cc1ccc(C=CP(C)(=O)O)cc1. The molecule has 3 heteroatoms. The van der Waals surface area contributed by atoms with Gasteiger partial charge in [0.1, 0.15) is 0 Å². The van der Waals surface area contributed by atoms with Crippen LogP contribution >= 0.6 is 7.37 Å². The second-order valence-electron chi connectivity index (χ2n) is 3.13. The molecule has 0 aliphatic rings. The fraction of sp³-hybridized carbons (Fsp3) is 0.0909. The Labute approximate surface area is 84.0 Å². The molecule has 0 aliphatic carbocycles. The van der Waals surface area contributed by atoms with Crippen molar-refractivity contribution in [2.45, 2.75) is 0 Å². The molecular weight excluding hydrogens is 195 g/mol. The van der Waals surface area contributed by atoms with E-state index in [0.29, 0.717) is 0 Å². The van der Waals surface area contributed by atoms with Gasteiger partial charge in [0.2, 0.25) is 7.37 Å². The summed E-state index contributed by atoms with van der Waals surface area (Å²) in [6.07, 6.45) is 3.40. The fourth-order valence-corrected chi connectivity index (χ4v) is 1.42. The molecule has 1 unspecified atom stereocenters. The molecule has 1 aromatic carbocycles. The molecule has 0 heterocycles. The van der Waals surface area contributed by atoms with Crippen molar-refractivity contribution >= 4 is 19.5 Å². The first-order valence-corrected chi connectivity index (χ1v) is 6.40. The van der Waals surface area contributed by atoms with Crippen molar-refractivity contribution in [2.24, 2.45) is 0 Å². The zero-order valence-electron chi connectivity index (χ0n) is 8.05. The van der Waals surface area contributed by atoms with Crippen LogP contribution in [0.25, 0.3) is 12.2 Å². The summed E-state index contributed by atoms with van der Waals surface area (Å²) in [5.41, 5.74) is 1.94. The molecule has 1 rings (SSSR count). The Kier molecular flexibility index (Phi) is 3.45. The highest BCUT2D eigenvalue weighted by molar-refractivity contribution is 7.60. The van der Waals surface area contributed by atoms with Gasteiger partial charge in [-0.3, -0.25) is 4.57 Å². The Morgan fingerprint density at radius 2 is 1.79 bits per heavy atom. The lowest BCUT2D eigenvalue weighted by molar-refractivity contribution is 0.496. The van der Waals surface area contributed by atoms with Crippen LogP contribution < -0.4 is 0 Å². The van der Waals surface area contributed by atoms with Gasteiger partial charge < -0.3 is 4.89 Å². The van der Waals surface area contributed by atoms with E-state index in [1.54, 1.807) is 12.2 Å². The lowest BCUT2D eigenvalue weighted by Crippen LogP contribution is -1.74. The minimum atomic E-state index is -3.05. The van der Waals surface area contributed by atoms with Crippen molar-refractivity contribution in [1.29, 1.82) is 0 Å². The Balaban J connectivity index is 2.84. The second-order valence-corrected chi connectivity index (χ2v) is 5.31. The van der Waals surface area contributed by atoms with Gasteiger partial charge in [-0.25, -0.2) is 0 Å². The van der Waals surface area contributed by atoms with Crippen molar-refractivity contribution < 1.29 is 9.46 Å². The van der Waals surface area contributed by atoms with Gasteiger partial charge in [-0.1, -0.05) is 36.9 Å². The molecule has 14 heavy (non-hydrogen) atoms. The first kappa shape index (κ1) is 11.0. The third-order valence-electron chi connectivity index (χ3n) is 1.72. The molecule has 0 saturated heterocycles. The third-order valence-corrected chi connectivity index (χ3v) is 2.42. The normalized spacial score (nSPS) is 15.3. The minimum absolute atomic E-state index is 0.909. The van der Waals surface area contributed by atoms with Gasteiger partial charge in [-0.05, 0) is 17.2 Å². The number of benzene rings is 1. The topological polar surface area (TPSA) is 37.3 Å². The van der Waals surface area contributed by atoms with E-state index in [1.807, 2.05) is 24.3 Å². The van der Waals surface area contributed by atoms with Gasteiger partial charge in [0.25, 0.3) is 0 Å². The number of hydrogen-bond donors (Lipinski definition) is 1. The van der Waals surface area contributed by atoms with Crippen molar-refractivity contribution in [3.8, 4) is 0 Å². The maximum atomic E-state index is 11.0. The van der Waals surface area contributed by atoms with E-state index in [9.17, 15) is 4.57 Å². The quantitative estimate of drug-likeness (QED) is 0.774. The highest BCUT2D eigenvalue weighted by Gasteiger charge is 2.01. The summed E-state index contributed by atoms with van der Waals surface area (Å²) in [7, 11) is -3.05. The average molecular weight is 208 g/mol. The van der Waals surface area contributed by atoms with Crippen LogP contribution in [-0.2, 0) is 4.57 Å². The molecule has 0 aromatic heterocycles. The van der Waals surface area contributed by atoms with Crippen LogP contribution in [0.2, 0.25) is 0 Å². The lowest BCUT2D eigenvalue weighted by atomic mass is 10.1. The highest BCUT2D eigenvalue weighted by Crippen LogP contribution is 2.37. The van der Waals surface area contributed by atoms with E-state index in [-0.39, 0.29) is 0 Å². The second kappa shape index (κ2) is 4.41. The smallest absolute Gasteiger partial charge is 0.219 e. The van der Waals surface area contributed by atoms with Crippen LogP contribution in [0.3, 0.4) is 0 Å². The molecule has 2 nitrogen and oxygen atoms in total. The Bertz CT molecular complexity index is 384. The van der Waals surface area contributed by atoms with Crippen molar-refractivity contribution in [2.75, 3.05) is 6.66 Å². The van der Waals surface area contributed by atoms with Crippen molar-refractivity contribution in [1.82, 2.24) is 0 Å². The van der Waals surface area contributed by atoms with Gasteiger partial charge in [-0.15, -0.1) is 0 Å². The zero-order valence-corrected chi connectivity index (χ0v) is 8.95. The molecule has 0 radical (unpaired) electrons. The summed E-state index contributed by atoms with van der Waals surface area (Å²) in [4.78, 5) is 9.03. The van der Waals surface area contributed by atoms with Crippen LogP contribution in [0.4, 0.5) is 0 Å². The van der Waals surface area contributed by atoms with Gasteiger partial charge in [0.15, 0.2) is 0 Å². The van der Waals surface area contributed by atoms with Gasteiger partial charge in [0.05, 0.1) is 0 Å². The van der Waals surface area contributed by atoms with Gasteiger partial charge >= 0.3 is 0 Å². The third kappa shape index (κ3) is 3.73. The zero-order chi connectivity index (χ0) is 10.6. The van der Waals surface area contributed by atoms with Gasteiger partial charge in [0, 0.05) is 12.5 Å². The molecule has 1 N–H and O–H groups in total. The van der Waals surface area contributed by atoms with E-state index in [1.165, 1.54) is 12.5 Å². The first-order chi connectivity index (χ1) is 6.51. The van der Waals surface area contributed by atoms with E-state index >= 15 is 0 Å². The van der Waals surface area contributed by atoms with Crippen molar-refractivity contribution in [3.63, 3.8) is 0 Å². The van der Waals surface area contributed by atoms with Crippen LogP contribution in [0, 0.1) is 0 Å². The van der Waals surface area contributed by atoms with Crippen LogP contribution in [-0.4, -0.2) is 11.6 Å². The van der Waals surface area contributed by atoms with Crippen LogP contribution in [0.5, 0.6) is 0 Å². The van der Waals surface area contributed by atoms with E-state index in [4.69, 9.17) is 4.89 Å². The predicted octanol–water partition coefficient (Wildman–Crippen LogP) is 3.20. The maximum absolute atomic E-state index is 11.0. The molecular formula is C11H13O2P. The highest BCUT2D eigenvalue weighted by atomic mass is 31.2. The standard InChI is InChI=1S/C11H13O2P/c1-3-10-4-6-11(7-5-10)8-9-14(2,12)13/h3-9H,1H2,2H3,(H,12,13). The molecule has 1 aromatic rings. The monoisotopic (exact) mass is 208 g/mol. The predicted molar refractivity (Wildman–Crippen MR) is 61.3 cm³/mol. The van der Waals surface area contributed by atoms with E-state index in [0.717, 1.165) is 11.1 Å². The Hall–Kier alpha value is -1.11. The van der Waals surface area contributed by atoms with E-state index in [2.05, 4.69) is 6.58 Å². The minimum Gasteiger partial charge on any atom is -0.342 e. The fourth-order valence-electron chi connectivity index (χ4n) is 0.968. The summed E-state index contributed by atoms with van der Waals surface area (Å²) in [6, 6.07) is 7.57. The molecule has 0 aliphatic heterocycles. The summed E-state index contributed by atoms with van der Waals surface area (Å²) in [6.45, 7) is 4.95. The summed E-state index contributed by atoms with van der Waals surface area (Å²) in [5.74, 6) is 1.33. The average Bonchev–Trinajstić information content (AvgIpc) is 2.14. The summed E-state index contributed by atoms with van der Waals surface area (Å²) < 4.78 is 11.0. The van der Waals surface area contributed by atoms with Crippen LogP contribution in [0.1, 0.15) is 11.1 Å². The van der Waals surface area contributed by atoms with Crippen molar-refractivity contribution in [3.05, 3.63) is 47.8 Å². The molecule has 0 amide bonds. The number of hydrogen-bond acceptors (Lipinski definition) is 1. The summed E-state index contributed by atoms with van der Waals surface area (Å²) >= 11 is 0.